The molecule has 0 radical (unpaired) electrons. The van der Waals surface area contributed by atoms with Crippen molar-refractivity contribution in [3.8, 4) is 5.75 Å². The first-order chi connectivity index (χ1) is 16.7. The maximum absolute atomic E-state index is 13.1. The molecule has 8 nitrogen and oxygen atoms in total. The molecule has 1 N–H and O–H groups in total. The van der Waals surface area contributed by atoms with E-state index >= 15 is 0 Å². The maximum atomic E-state index is 13.1. The van der Waals surface area contributed by atoms with Gasteiger partial charge < -0.3 is 14.8 Å². The molecule has 0 aliphatic carbocycles. The number of hydrogen-bond donors (Lipinski definition) is 1. The number of amides is 1. The average molecular weight is 497 g/mol. The summed E-state index contributed by atoms with van der Waals surface area (Å²) in [6, 6.07) is 19.5. The van der Waals surface area contributed by atoms with E-state index in [4.69, 9.17) is 9.47 Å². The lowest BCUT2D eigenvalue weighted by Gasteiger charge is -2.23. The van der Waals surface area contributed by atoms with Gasteiger partial charge in [0.05, 0.1) is 22.8 Å². The van der Waals surface area contributed by atoms with Gasteiger partial charge in [0.15, 0.2) is 6.61 Å². The van der Waals surface area contributed by atoms with E-state index in [1.807, 2.05) is 6.92 Å². The first kappa shape index (κ1) is 25.8. The van der Waals surface area contributed by atoms with Gasteiger partial charge in [-0.15, -0.1) is 0 Å². The highest BCUT2D eigenvalue weighted by atomic mass is 32.2. The summed E-state index contributed by atoms with van der Waals surface area (Å²) in [4.78, 5) is 24.1. The molecule has 3 rings (SSSR count). The van der Waals surface area contributed by atoms with Crippen LogP contribution in [-0.4, -0.2) is 40.1 Å². The first-order valence-corrected chi connectivity index (χ1v) is 12.6. The number of aryl methyl sites for hydroxylation is 1. The molecule has 0 spiro atoms. The Morgan fingerprint density at radius 3 is 2.09 bits per heavy atom. The molecule has 0 bridgehead atoms. The zero-order valence-corrected chi connectivity index (χ0v) is 20.7. The Hall–Kier alpha value is -3.85. The summed E-state index contributed by atoms with van der Waals surface area (Å²) in [5, 5.41) is 2.69. The van der Waals surface area contributed by atoms with Crippen LogP contribution in [0, 0.1) is 6.92 Å². The van der Waals surface area contributed by atoms with E-state index in [0.29, 0.717) is 22.7 Å². The number of carbonyl (C=O) groups excluding carboxylic acids is 2. The number of esters is 1. The van der Waals surface area contributed by atoms with E-state index in [-0.39, 0.29) is 30.6 Å². The van der Waals surface area contributed by atoms with Crippen LogP contribution in [0.15, 0.2) is 77.7 Å². The van der Waals surface area contributed by atoms with Gasteiger partial charge in [-0.25, -0.2) is 13.2 Å². The summed E-state index contributed by atoms with van der Waals surface area (Å²) in [6.07, 6.45) is 0. The first-order valence-electron chi connectivity index (χ1n) is 11.1. The summed E-state index contributed by atoms with van der Waals surface area (Å²) in [5.74, 6) is -0.383. The number of nitrogens with one attached hydrogen (secondary N) is 1. The van der Waals surface area contributed by atoms with Crippen LogP contribution < -0.4 is 14.4 Å². The van der Waals surface area contributed by atoms with E-state index in [9.17, 15) is 18.0 Å². The largest absolute Gasteiger partial charge is 0.484 e. The minimum atomic E-state index is -3.71. The molecular formula is C26H28N2O6S. The molecule has 184 valence electrons. The van der Waals surface area contributed by atoms with Gasteiger partial charge in [0, 0.05) is 12.2 Å². The van der Waals surface area contributed by atoms with Gasteiger partial charge in [-0.2, -0.15) is 0 Å². The summed E-state index contributed by atoms with van der Waals surface area (Å²) in [5.41, 5.74) is 2.38. The number of benzene rings is 3. The Morgan fingerprint density at radius 1 is 0.886 bits per heavy atom. The Kier molecular flexibility index (Phi) is 8.48. The molecule has 0 unspecified atom stereocenters. The lowest BCUT2D eigenvalue weighted by Crippen LogP contribution is -2.30. The van der Waals surface area contributed by atoms with E-state index < -0.39 is 16.0 Å². The third-order valence-electron chi connectivity index (χ3n) is 5.07. The zero-order valence-electron chi connectivity index (χ0n) is 19.9. The van der Waals surface area contributed by atoms with Crippen LogP contribution in [0.1, 0.15) is 29.8 Å². The summed E-state index contributed by atoms with van der Waals surface area (Å²) >= 11 is 0. The van der Waals surface area contributed by atoms with Gasteiger partial charge in [0.1, 0.15) is 5.75 Å². The second-order valence-corrected chi connectivity index (χ2v) is 9.47. The van der Waals surface area contributed by atoms with Gasteiger partial charge in [-0.05, 0) is 81.4 Å². The molecule has 0 aliphatic rings. The predicted molar refractivity (Wildman–Crippen MR) is 134 cm³/mol. The van der Waals surface area contributed by atoms with Gasteiger partial charge in [0.25, 0.3) is 15.9 Å². The number of ether oxygens (including phenoxy) is 2. The van der Waals surface area contributed by atoms with E-state index in [0.717, 1.165) is 5.56 Å². The van der Waals surface area contributed by atoms with Gasteiger partial charge >= 0.3 is 5.97 Å². The number of anilines is 2. The van der Waals surface area contributed by atoms with Crippen molar-refractivity contribution in [2.75, 3.05) is 29.4 Å². The zero-order chi connectivity index (χ0) is 25.4. The molecule has 1 amide bonds. The topological polar surface area (TPSA) is 102 Å². The fraction of sp³-hybridized carbons (Fsp3) is 0.231. The SMILES string of the molecule is CCOC(=O)c1ccc(NC(=O)COc2ccc(N(CC)S(=O)(=O)c3ccc(C)cc3)cc2)cc1. The van der Waals surface area contributed by atoms with Crippen LogP contribution in [0.2, 0.25) is 0 Å². The molecule has 0 fully saturated rings. The van der Waals surface area contributed by atoms with Crippen molar-refractivity contribution in [3.05, 3.63) is 83.9 Å². The van der Waals surface area contributed by atoms with Crippen molar-refractivity contribution in [2.45, 2.75) is 25.7 Å². The molecular weight excluding hydrogens is 468 g/mol. The molecule has 9 heteroatoms. The molecule has 3 aromatic carbocycles. The Balaban J connectivity index is 1.59. The number of nitrogens with zero attached hydrogens (tertiary/aromatic N) is 1. The standard InChI is InChI=1S/C26H28N2O6S/c1-4-28(35(31,32)24-16-6-19(3)7-17-24)22-12-14-23(15-13-22)34-18-25(29)27-21-10-8-20(9-11-21)26(30)33-5-2/h6-17H,4-5,18H2,1-3H3,(H,27,29). The number of carbonyl (C=O) groups is 2. The van der Waals surface area contributed by atoms with Crippen molar-refractivity contribution < 1.29 is 27.5 Å². The van der Waals surface area contributed by atoms with Gasteiger partial charge in [-0.3, -0.25) is 9.10 Å². The smallest absolute Gasteiger partial charge is 0.338 e. The summed E-state index contributed by atoms with van der Waals surface area (Å²) in [6.45, 7) is 5.70. The van der Waals surface area contributed by atoms with Crippen molar-refractivity contribution in [3.63, 3.8) is 0 Å². The normalized spacial score (nSPS) is 10.9. The fourth-order valence-electron chi connectivity index (χ4n) is 3.29. The molecule has 35 heavy (non-hydrogen) atoms. The number of rotatable bonds is 10. The van der Waals surface area contributed by atoms with E-state index in [1.54, 1.807) is 86.6 Å². The lowest BCUT2D eigenvalue weighted by molar-refractivity contribution is -0.118. The minimum absolute atomic E-state index is 0.220. The molecule has 3 aromatic rings. The van der Waals surface area contributed by atoms with Crippen molar-refractivity contribution in [1.82, 2.24) is 0 Å². The highest BCUT2D eigenvalue weighted by molar-refractivity contribution is 7.92. The monoisotopic (exact) mass is 496 g/mol. The highest BCUT2D eigenvalue weighted by Crippen LogP contribution is 2.26. The molecule has 0 aromatic heterocycles. The quantitative estimate of drug-likeness (QED) is 0.417. The van der Waals surface area contributed by atoms with Crippen LogP contribution >= 0.6 is 0 Å². The van der Waals surface area contributed by atoms with Crippen molar-refractivity contribution in [2.24, 2.45) is 0 Å². The number of hydrogen-bond acceptors (Lipinski definition) is 6. The van der Waals surface area contributed by atoms with Crippen LogP contribution in [0.5, 0.6) is 5.75 Å². The second-order valence-electron chi connectivity index (χ2n) is 7.61. The van der Waals surface area contributed by atoms with Crippen LogP contribution in [0.25, 0.3) is 0 Å². The molecule has 0 atom stereocenters. The van der Waals surface area contributed by atoms with Gasteiger partial charge in [-0.1, -0.05) is 17.7 Å². The van der Waals surface area contributed by atoms with Crippen LogP contribution in [0.4, 0.5) is 11.4 Å². The van der Waals surface area contributed by atoms with Crippen LogP contribution in [0.3, 0.4) is 0 Å². The predicted octanol–water partition coefficient (Wildman–Crippen LogP) is 4.40. The molecule has 0 saturated carbocycles. The molecule has 0 saturated heterocycles. The summed E-state index contributed by atoms with van der Waals surface area (Å²) < 4.78 is 37.9. The number of sulfonamides is 1. The maximum Gasteiger partial charge on any atom is 0.338 e. The summed E-state index contributed by atoms with van der Waals surface area (Å²) in [7, 11) is -3.71. The van der Waals surface area contributed by atoms with Gasteiger partial charge in [0.2, 0.25) is 0 Å². The Morgan fingerprint density at radius 2 is 1.51 bits per heavy atom. The van der Waals surface area contributed by atoms with E-state index in [2.05, 4.69) is 5.32 Å². The van der Waals surface area contributed by atoms with Crippen LogP contribution in [-0.2, 0) is 19.6 Å². The highest BCUT2D eigenvalue weighted by Gasteiger charge is 2.23. The molecule has 0 heterocycles. The lowest BCUT2D eigenvalue weighted by atomic mass is 10.2. The fourth-order valence-corrected chi connectivity index (χ4v) is 4.76. The minimum Gasteiger partial charge on any atom is -0.484 e. The Bertz CT molecular complexity index is 1250. The third kappa shape index (κ3) is 6.60. The third-order valence-corrected chi connectivity index (χ3v) is 6.99. The average Bonchev–Trinajstić information content (AvgIpc) is 2.85. The molecule has 0 aliphatic heterocycles. The van der Waals surface area contributed by atoms with Crippen molar-refractivity contribution in [1.29, 1.82) is 0 Å². The second kappa shape index (κ2) is 11.5. The van der Waals surface area contributed by atoms with E-state index in [1.165, 1.54) is 4.31 Å². The van der Waals surface area contributed by atoms with Crippen molar-refractivity contribution >= 4 is 33.3 Å². The Labute approximate surface area is 205 Å².